The second-order valence-electron chi connectivity index (χ2n) is 3.15. The minimum atomic E-state index is -4.22. The van der Waals surface area contributed by atoms with Crippen LogP contribution in [0, 0.1) is 6.92 Å². The fourth-order valence-corrected chi connectivity index (χ4v) is 0.905. The van der Waals surface area contributed by atoms with Crippen LogP contribution in [0.25, 0.3) is 0 Å². The second kappa shape index (κ2) is 6.90. The lowest BCUT2D eigenvalue weighted by Crippen LogP contribution is -2.14. The molecular weight excluding hydrogens is 235 g/mol. The lowest BCUT2D eigenvalue weighted by atomic mass is 10.1. The van der Waals surface area contributed by atoms with Gasteiger partial charge in [-0.15, -0.1) is 0 Å². The zero-order chi connectivity index (χ0) is 13.5. The molecule has 17 heavy (non-hydrogen) atoms. The van der Waals surface area contributed by atoms with E-state index in [2.05, 4.69) is 4.74 Å². The third kappa shape index (κ3) is 6.57. The van der Waals surface area contributed by atoms with Crippen molar-refractivity contribution < 1.29 is 22.7 Å². The highest BCUT2D eigenvalue weighted by Crippen LogP contribution is 2.29. The third-order valence-electron chi connectivity index (χ3n) is 1.74. The molecule has 0 saturated carbocycles. The minimum absolute atomic E-state index is 0.0312. The zero-order valence-electron chi connectivity index (χ0n) is 9.54. The Kier molecular flexibility index (Phi) is 6.27. The van der Waals surface area contributed by atoms with Crippen molar-refractivity contribution in [1.29, 1.82) is 0 Å². The molecule has 2 N–H and O–H groups in total. The van der Waals surface area contributed by atoms with Crippen LogP contribution >= 0.6 is 0 Å². The summed E-state index contributed by atoms with van der Waals surface area (Å²) in [6.07, 6.45) is -4.22. The number of benzene rings is 1. The number of carbonyl (C=O) groups excluding carboxylic acids is 1. The molecule has 1 aromatic rings. The monoisotopic (exact) mass is 249 g/mol. The van der Waals surface area contributed by atoms with Crippen LogP contribution in [0.2, 0.25) is 0 Å². The van der Waals surface area contributed by atoms with Crippen molar-refractivity contribution in [3.63, 3.8) is 0 Å². The molecular formula is C11H14F3NO2. The third-order valence-corrected chi connectivity index (χ3v) is 1.74. The Labute approximate surface area is 97.4 Å². The van der Waals surface area contributed by atoms with Crippen molar-refractivity contribution in [1.82, 2.24) is 0 Å². The number of methoxy groups -OCH3 is 1. The van der Waals surface area contributed by atoms with Gasteiger partial charge in [0, 0.05) is 0 Å². The lowest BCUT2D eigenvalue weighted by Gasteiger charge is -2.05. The van der Waals surface area contributed by atoms with Crippen LogP contribution in [0.15, 0.2) is 24.3 Å². The standard InChI is InChI=1S/C8H7F3.C3H7NO2/c1-6-3-2-4-7(5-6)8(9,10)11;1-6-3(5)2-4/h2-5H,1H3;2,4H2,1H3. The van der Waals surface area contributed by atoms with E-state index >= 15 is 0 Å². The van der Waals surface area contributed by atoms with Crippen molar-refractivity contribution in [2.45, 2.75) is 13.1 Å². The van der Waals surface area contributed by atoms with E-state index in [0.717, 1.165) is 12.1 Å². The van der Waals surface area contributed by atoms with Gasteiger partial charge < -0.3 is 10.5 Å². The first kappa shape index (κ1) is 15.4. The number of hydrogen-bond acceptors (Lipinski definition) is 3. The molecule has 0 aliphatic carbocycles. The summed E-state index contributed by atoms with van der Waals surface area (Å²) in [6.45, 7) is 1.60. The summed E-state index contributed by atoms with van der Waals surface area (Å²) in [4.78, 5) is 9.83. The van der Waals surface area contributed by atoms with Gasteiger partial charge in [0.25, 0.3) is 0 Å². The molecule has 0 unspecified atom stereocenters. The number of ether oxygens (including phenoxy) is 1. The lowest BCUT2D eigenvalue weighted by molar-refractivity contribution is -0.139. The number of nitrogens with two attached hydrogens (primary N) is 1. The molecule has 0 heterocycles. The van der Waals surface area contributed by atoms with Gasteiger partial charge >= 0.3 is 12.1 Å². The van der Waals surface area contributed by atoms with Crippen LogP contribution in [0.5, 0.6) is 0 Å². The molecule has 6 heteroatoms. The molecule has 0 fully saturated rings. The van der Waals surface area contributed by atoms with Crippen molar-refractivity contribution in [2.24, 2.45) is 5.73 Å². The maximum Gasteiger partial charge on any atom is 0.416 e. The molecule has 0 aromatic heterocycles. The van der Waals surface area contributed by atoms with Crippen molar-refractivity contribution >= 4 is 5.97 Å². The number of hydrogen-bond donors (Lipinski definition) is 1. The Hall–Kier alpha value is -1.56. The second-order valence-corrected chi connectivity index (χ2v) is 3.15. The molecule has 0 amide bonds. The van der Waals surface area contributed by atoms with Crippen molar-refractivity contribution in [3.05, 3.63) is 35.4 Å². The Balaban J connectivity index is 0.000000366. The summed E-state index contributed by atoms with van der Waals surface area (Å²) in [7, 11) is 1.30. The first-order valence-corrected chi connectivity index (χ1v) is 4.72. The number of esters is 1. The van der Waals surface area contributed by atoms with Crippen LogP contribution in [0.4, 0.5) is 13.2 Å². The molecule has 0 aliphatic rings. The van der Waals surface area contributed by atoms with Crippen LogP contribution in [-0.4, -0.2) is 19.6 Å². The number of aryl methyl sites for hydroxylation is 1. The van der Waals surface area contributed by atoms with E-state index in [0.29, 0.717) is 5.56 Å². The number of rotatable bonds is 1. The van der Waals surface area contributed by atoms with E-state index in [-0.39, 0.29) is 12.5 Å². The maximum absolute atomic E-state index is 12.0. The van der Waals surface area contributed by atoms with E-state index in [9.17, 15) is 18.0 Å². The van der Waals surface area contributed by atoms with Crippen LogP contribution in [0.3, 0.4) is 0 Å². The maximum atomic E-state index is 12.0. The predicted molar refractivity (Wildman–Crippen MR) is 57.3 cm³/mol. The smallest absolute Gasteiger partial charge is 0.416 e. The summed E-state index contributed by atoms with van der Waals surface area (Å²) >= 11 is 0. The first-order valence-electron chi connectivity index (χ1n) is 4.72. The van der Waals surface area contributed by atoms with Gasteiger partial charge in [0.15, 0.2) is 0 Å². The molecule has 0 radical (unpaired) electrons. The van der Waals surface area contributed by atoms with Crippen LogP contribution in [-0.2, 0) is 15.7 Å². The Morgan fingerprint density at radius 2 is 2.00 bits per heavy atom. The highest BCUT2D eigenvalue weighted by atomic mass is 19.4. The summed E-state index contributed by atoms with van der Waals surface area (Å²) in [5.74, 6) is -0.380. The van der Waals surface area contributed by atoms with Crippen LogP contribution in [0.1, 0.15) is 11.1 Å². The normalized spacial score (nSPS) is 10.2. The molecule has 0 atom stereocenters. The van der Waals surface area contributed by atoms with Gasteiger partial charge in [0.05, 0.1) is 19.2 Å². The summed E-state index contributed by atoms with van der Waals surface area (Å²) in [5, 5.41) is 0. The average Bonchev–Trinajstić information content (AvgIpc) is 2.28. The summed E-state index contributed by atoms with van der Waals surface area (Å²) < 4.78 is 40.0. The quantitative estimate of drug-likeness (QED) is 0.776. The van der Waals surface area contributed by atoms with Gasteiger partial charge in [0.2, 0.25) is 0 Å². The highest BCUT2D eigenvalue weighted by Gasteiger charge is 2.29. The molecule has 0 bridgehead atoms. The SMILES string of the molecule is COC(=O)CN.Cc1cccc(C(F)(F)F)c1. The predicted octanol–water partition coefficient (Wildman–Crippen LogP) is 2.13. The summed E-state index contributed by atoms with van der Waals surface area (Å²) in [5.41, 5.74) is 4.85. The molecule has 0 saturated heterocycles. The van der Waals surface area contributed by atoms with E-state index in [1.807, 2.05) is 0 Å². The van der Waals surface area contributed by atoms with E-state index in [4.69, 9.17) is 5.73 Å². The Morgan fingerprint density at radius 1 is 1.41 bits per heavy atom. The zero-order valence-corrected chi connectivity index (χ0v) is 9.54. The molecule has 96 valence electrons. The van der Waals surface area contributed by atoms with Gasteiger partial charge in [0.1, 0.15) is 0 Å². The summed E-state index contributed by atoms with van der Waals surface area (Å²) in [6, 6.07) is 5.22. The highest BCUT2D eigenvalue weighted by molar-refractivity contribution is 5.70. The molecule has 1 rings (SSSR count). The first-order chi connectivity index (χ1) is 7.81. The number of halogens is 3. The fourth-order valence-electron chi connectivity index (χ4n) is 0.905. The molecule has 3 nitrogen and oxygen atoms in total. The Bertz CT molecular complexity index is 358. The van der Waals surface area contributed by atoms with E-state index in [1.54, 1.807) is 13.0 Å². The van der Waals surface area contributed by atoms with Gasteiger partial charge in [-0.05, 0) is 13.0 Å². The molecule has 0 spiro atoms. The molecule has 0 aliphatic heterocycles. The Morgan fingerprint density at radius 3 is 2.24 bits per heavy atom. The van der Waals surface area contributed by atoms with Gasteiger partial charge in [-0.3, -0.25) is 4.79 Å². The fraction of sp³-hybridized carbons (Fsp3) is 0.364. The van der Waals surface area contributed by atoms with E-state index in [1.165, 1.54) is 13.2 Å². The minimum Gasteiger partial charge on any atom is -0.468 e. The van der Waals surface area contributed by atoms with E-state index < -0.39 is 11.7 Å². The van der Waals surface area contributed by atoms with Crippen molar-refractivity contribution in [3.8, 4) is 0 Å². The molecule has 1 aromatic carbocycles. The average molecular weight is 249 g/mol. The number of carbonyl (C=O) groups is 1. The topological polar surface area (TPSA) is 52.3 Å². The van der Waals surface area contributed by atoms with Gasteiger partial charge in [-0.25, -0.2) is 0 Å². The number of alkyl halides is 3. The van der Waals surface area contributed by atoms with Crippen LogP contribution < -0.4 is 5.73 Å². The van der Waals surface area contributed by atoms with Crippen molar-refractivity contribution in [2.75, 3.05) is 13.7 Å². The largest absolute Gasteiger partial charge is 0.468 e. The van der Waals surface area contributed by atoms with Gasteiger partial charge in [-0.1, -0.05) is 23.8 Å². The van der Waals surface area contributed by atoms with Gasteiger partial charge in [-0.2, -0.15) is 13.2 Å².